The number of piperidine rings is 1. The van der Waals surface area contributed by atoms with Crippen LogP contribution in [0.5, 0.6) is 5.75 Å². The number of nitrogens with one attached hydrogen (secondary N) is 1. The Balaban J connectivity index is 2.04. The van der Waals surface area contributed by atoms with Gasteiger partial charge in [0.25, 0.3) is 0 Å². The van der Waals surface area contributed by atoms with Crippen LogP contribution in [-0.4, -0.2) is 29.4 Å². The van der Waals surface area contributed by atoms with E-state index in [-0.39, 0.29) is 0 Å². The number of ether oxygens (including phenoxy) is 1. The van der Waals surface area contributed by atoms with Gasteiger partial charge in [0.1, 0.15) is 11.3 Å². The van der Waals surface area contributed by atoms with Crippen molar-refractivity contribution in [3.05, 3.63) is 23.0 Å². The van der Waals surface area contributed by atoms with E-state index >= 15 is 0 Å². The molecule has 4 nitrogen and oxygen atoms in total. The van der Waals surface area contributed by atoms with Crippen LogP contribution in [-0.2, 0) is 0 Å². The Labute approximate surface area is 124 Å². The second kappa shape index (κ2) is 5.87. The van der Waals surface area contributed by atoms with Crippen molar-refractivity contribution in [1.29, 1.82) is 0 Å². The van der Waals surface area contributed by atoms with Gasteiger partial charge in [0.05, 0.1) is 12.1 Å². The fourth-order valence-electron chi connectivity index (χ4n) is 2.78. The summed E-state index contributed by atoms with van der Waals surface area (Å²) in [6, 6.07) is 6.15. The summed E-state index contributed by atoms with van der Waals surface area (Å²) < 4.78 is 8.71. The maximum absolute atomic E-state index is 5.81. The van der Waals surface area contributed by atoms with Crippen LogP contribution in [0.15, 0.2) is 18.2 Å². The lowest BCUT2D eigenvalue weighted by Gasteiger charge is -2.29. The summed E-state index contributed by atoms with van der Waals surface area (Å²) >= 11 is 5.52. The second-order valence-electron chi connectivity index (χ2n) is 5.26. The van der Waals surface area contributed by atoms with Crippen molar-refractivity contribution < 1.29 is 4.74 Å². The molecule has 0 aliphatic carbocycles. The fraction of sp³-hybridized carbons (Fsp3) is 0.533. The van der Waals surface area contributed by atoms with Gasteiger partial charge in [0.2, 0.25) is 0 Å². The maximum atomic E-state index is 5.81. The molecule has 0 amide bonds. The van der Waals surface area contributed by atoms with Gasteiger partial charge in [0.15, 0.2) is 4.77 Å². The topological polar surface area (TPSA) is 33.2 Å². The molecule has 1 aromatic heterocycles. The van der Waals surface area contributed by atoms with E-state index in [1.54, 1.807) is 0 Å². The van der Waals surface area contributed by atoms with Crippen molar-refractivity contribution in [2.75, 3.05) is 24.7 Å². The predicted octanol–water partition coefficient (Wildman–Crippen LogP) is 3.61. The van der Waals surface area contributed by atoms with Crippen LogP contribution >= 0.6 is 12.2 Å². The van der Waals surface area contributed by atoms with Crippen LogP contribution < -0.4 is 9.75 Å². The maximum Gasteiger partial charge on any atom is 0.197 e. The number of aromatic amines is 1. The number of nitrogens with zero attached hydrogens (tertiary/aromatic N) is 2. The summed E-state index contributed by atoms with van der Waals surface area (Å²) in [7, 11) is 0. The van der Waals surface area contributed by atoms with E-state index < -0.39 is 0 Å². The Morgan fingerprint density at radius 1 is 1.25 bits per heavy atom. The first-order valence-corrected chi connectivity index (χ1v) is 7.84. The van der Waals surface area contributed by atoms with E-state index in [1.807, 2.05) is 12.1 Å². The molecule has 1 N–H and O–H groups in total. The molecule has 0 spiro atoms. The zero-order valence-electron chi connectivity index (χ0n) is 11.9. The smallest absolute Gasteiger partial charge is 0.197 e. The van der Waals surface area contributed by atoms with Crippen LogP contribution in [0.4, 0.5) is 0 Å². The minimum atomic E-state index is 0.731. The first kappa shape index (κ1) is 13.5. The van der Waals surface area contributed by atoms with E-state index in [1.165, 1.54) is 19.3 Å². The minimum Gasteiger partial charge on any atom is -0.491 e. The molecule has 2 heterocycles. The first-order valence-electron chi connectivity index (χ1n) is 7.43. The van der Waals surface area contributed by atoms with Crippen molar-refractivity contribution >= 4 is 23.3 Å². The lowest BCUT2D eigenvalue weighted by atomic mass is 10.2. The van der Waals surface area contributed by atoms with E-state index in [0.29, 0.717) is 0 Å². The normalized spacial score (nSPS) is 15.8. The number of aromatic nitrogens is 2. The summed E-state index contributed by atoms with van der Waals surface area (Å²) in [4.78, 5) is 3.31. The Bertz CT molecular complexity index is 640. The van der Waals surface area contributed by atoms with Gasteiger partial charge in [0, 0.05) is 13.1 Å². The lowest BCUT2D eigenvalue weighted by molar-refractivity contribution is 0.320. The van der Waals surface area contributed by atoms with Gasteiger partial charge in [-0.05, 0) is 50.0 Å². The van der Waals surface area contributed by atoms with Crippen molar-refractivity contribution in [2.24, 2.45) is 0 Å². The number of H-pyrrole nitrogens is 1. The number of rotatable bonds is 4. The molecule has 1 fully saturated rings. The van der Waals surface area contributed by atoms with E-state index in [2.05, 4.69) is 27.7 Å². The molecule has 0 atom stereocenters. The zero-order valence-corrected chi connectivity index (χ0v) is 12.7. The van der Waals surface area contributed by atoms with Crippen molar-refractivity contribution in [3.8, 4) is 5.75 Å². The third-order valence-corrected chi connectivity index (χ3v) is 4.01. The lowest BCUT2D eigenvalue weighted by Crippen LogP contribution is -2.39. The molecule has 3 rings (SSSR count). The molecular formula is C15H21N3OS. The Hall–Kier alpha value is -1.49. The van der Waals surface area contributed by atoms with Crippen molar-refractivity contribution in [2.45, 2.75) is 32.6 Å². The fourth-order valence-corrected chi connectivity index (χ4v) is 3.10. The average Bonchev–Trinajstić information content (AvgIpc) is 2.82. The molecule has 2 aromatic rings. The van der Waals surface area contributed by atoms with Crippen LogP contribution in [0, 0.1) is 4.77 Å². The second-order valence-corrected chi connectivity index (χ2v) is 5.64. The Morgan fingerprint density at radius 2 is 2.05 bits per heavy atom. The Kier molecular flexibility index (Phi) is 3.96. The number of benzene rings is 1. The highest BCUT2D eigenvalue weighted by molar-refractivity contribution is 7.71. The molecular weight excluding hydrogens is 270 g/mol. The van der Waals surface area contributed by atoms with E-state index in [0.717, 1.165) is 47.7 Å². The Morgan fingerprint density at radius 3 is 2.80 bits per heavy atom. The highest BCUT2D eigenvalue weighted by Crippen LogP contribution is 2.26. The minimum absolute atomic E-state index is 0.731. The number of hydrogen-bond donors (Lipinski definition) is 1. The van der Waals surface area contributed by atoms with Crippen LogP contribution in [0.25, 0.3) is 11.0 Å². The number of imidazole rings is 1. The molecule has 1 aliphatic heterocycles. The molecule has 20 heavy (non-hydrogen) atoms. The summed E-state index contributed by atoms with van der Waals surface area (Å²) in [5.74, 6) is 0.895. The van der Waals surface area contributed by atoms with Gasteiger partial charge in [-0.1, -0.05) is 13.0 Å². The number of para-hydroxylation sites is 1. The largest absolute Gasteiger partial charge is 0.491 e. The average molecular weight is 291 g/mol. The van der Waals surface area contributed by atoms with E-state index in [4.69, 9.17) is 17.0 Å². The van der Waals surface area contributed by atoms with Crippen LogP contribution in [0.1, 0.15) is 32.6 Å². The molecule has 1 aromatic carbocycles. The van der Waals surface area contributed by atoms with Crippen LogP contribution in [0.2, 0.25) is 0 Å². The summed E-state index contributed by atoms with van der Waals surface area (Å²) in [6.07, 6.45) is 4.79. The van der Waals surface area contributed by atoms with Crippen molar-refractivity contribution in [1.82, 2.24) is 9.66 Å². The summed E-state index contributed by atoms with van der Waals surface area (Å²) in [5, 5.41) is 2.34. The third kappa shape index (κ3) is 2.42. The summed E-state index contributed by atoms with van der Waals surface area (Å²) in [6.45, 7) is 4.98. The number of hydrogen-bond acceptors (Lipinski definition) is 3. The molecule has 108 valence electrons. The molecule has 0 bridgehead atoms. The predicted molar refractivity (Wildman–Crippen MR) is 84.7 cm³/mol. The third-order valence-electron chi connectivity index (χ3n) is 3.73. The van der Waals surface area contributed by atoms with Gasteiger partial charge >= 0.3 is 0 Å². The first-order chi connectivity index (χ1) is 9.81. The SMILES string of the molecule is CCCOc1cccc2c1[nH]c(=S)n2N1CCCCC1. The standard InChI is InChI=1S/C15H21N3OS/c1-2-11-19-13-8-6-7-12-14(13)16-15(20)18(12)17-9-4-3-5-10-17/h6-8H,2-5,9-11H2,1H3,(H,16,20). The molecule has 1 saturated heterocycles. The van der Waals surface area contributed by atoms with Gasteiger partial charge in [-0.25, -0.2) is 4.68 Å². The molecule has 0 saturated carbocycles. The van der Waals surface area contributed by atoms with Gasteiger partial charge in [-0.3, -0.25) is 0 Å². The monoisotopic (exact) mass is 291 g/mol. The molecule has 0 radical (unpaired) electrons. The highest BCUT2D eigenvalue weighted by Gasteiger charge is 2.16. The van der Waals surface area contributed by atoms with E-state index in [9.17, 15) is 0 Å². The number of fused-ring (bicyclic) bond motifs is 1. The zero-order chi connectivity index (χ0) is 13.9. The molecule has 0 unspecified atom stereocenters. The van der Waals surface area contributed by atoms with Gasteiger partial charge in [-0.2, -0.15) is 0 Å². The van der Waals surface area contributed by atoms with Gasteiger partial charge < -0.3 is 14.7 Å². The highest BCUT2D eigenvalue weighted by atomic mass is 32.1. The van der Waals surface area contributed by atoms with Gasteiger partial charge in [-0.15, -0.1) is 0 Å². The van der Waals surface area contributed by atoms with Crippen molar-refractivity contribution in [3.63, 3.8) is 0 Å². The summed E-state index contributed by atoms with van der Waals surface area (Å²) in [5.41, 5.74) is 2.13. The van der Waals surface area contributed by atoms with Crippen LogP contribution in [0.3, 0.4) is 0 Å². The quantitative estimate of drug-likeness (QED) is 0.874. The molecule has 1 aliphatic rings. The molecule has 5 heteroatoms.